The maximum absolute atomic E-state index is 6.08. The van der Waals surface area contributed by atoms with Crippen LogP contribution in [0.15, 0.2) is 12.1 Å². The van der Waals surface area contributed by atoms with E-state index in [1.54, 1.807) is 11.8 Å². The Bertz CT molecular complexity index is 341. The van der Waals surface area contributed by atoms with Crippen molar-refractivity contribution in [1.29, 1.82) is 0 Å². The first-order valence-electron chi connectivity index (χ1n) is 4.00. The summed E-state index contributed by atoms with van der Waals surface area (Å²) in [7, 11) is 0. The first kappa shape index (κ1) is 9.66. The molecule has 0 fully saturated rings. The Kier molecular flexibility index (Phi) is 2.75. The monoisotopic (exact) mass is 233 g/mol. The van der Waals surface area contributed by atoms with Gasteiger partial charge >= 0.3 is 0 Å². The van der Waals surface area contributed by atoms with Gasteiger partial charge in [-0.1, -0.05) is 29.3 Å². The fraction of sp³-hybridized carbons (Fsp3) is 0.333. The molecule has 0 radical (unpaired) electrons. The summed E-state index contributed by atoms with van der Waals surface area (Å²) in [5.41, 5.74) is 8.20. The van der Waals surface area contributed by atoms with E-state index < -0.39 is 0 Å². The van der Waals surface area contributed by atoms with E-state index in [0.29, 0.717) is 10.0 Å². The van der Waals surface area contributed by atoms with Crippen molar-refractivity contribution < 1.29 is 0 Å². The smallest absolute Gasteiger partial charge is 0.0636 e. The Morgan fingerprint density at radius 2 is 2.15 bits per heavy atom. The van der Waals surface area contributed by atoms with Crippen LogP contribution in [-0.4, -0.2) is 5.75 Å². The van der Waals surface area contributed by atoms with E-state index in [1.165, 1.54) is 0 Å². The molecule has 1 heterocycles. The molecular weight excluding hydrogens is 225 g/mol. The predicted octanol–water partition coefficient (Wildman–Crippen LogP) is 3.24. The van der Waals surface area contributed by atoms with E-state index in [2.05, 4.69) is 0 Å². The van der Waals surface area contributed by atoms with Crippen LogP contribution in [0.1, 0.15) is 17.2 Å². The van der Waals surface area contributed by atoms with Crippen molar-refractivity contribution in [2.75, 3.05) is 5.75 Å². The third kappa shape index (κ3) is 1.68. The van der Waals surface area contributed by atoms with Gasteiger partial charge in [-0.15, -0.1) is 0 Å². The van der Waals surface area contributed by atoms with Crippen molar-refractivity contribution in [3.63, 3.8) is 0 Å². The van der Waals surface area contributed by atoms with Crippen LogP contribution < -0.4 is 5.73 Å². The van der Waals surface area contributed by atoms with Crippen molar-refractivity contribution in [3.8, 4) is 0 Å². The highest BCUT2D eigenvalue weighted by Gasteiger charge is 2.20. The Morgan fingerprint density at radius 3 is 2.92 bits per heavy atom. The molecule has 2 N–H and O–H groups in total. The number of fused-ring (bicyclic) bond motifs is 1. The number of benzene rings is 1. The lowest BCUT2D eigenvalue weighted by atomic mass is 10.0. The van der Waals surface area contributed by atoms with Crippen LogP contribution in [0, 0.1) is 0 Å². The maximum atomic E-state index is 6.08. The van der Waals surface area contributed by atoms with Crippen molar-refractivity contribution in [3.05, 3.63) is 33.3 Å². The molecule has 0 bridgehead atoms. The number of nitrogens with two attached hydrogens (primary N) is 1. The highest BCUT2D eigenvalue weighted by atomic mass is 35.5. The fourth-order valence-electron chi connectivity index (χ4n) is 1.48. The molecule has 0 saturated heterocycles. The van der Waals surface area contributed by atoms with Gasteiger partial charge in [-0.05, 0) is 17.2 Å². The van der Waals surface area contributed by atoms with Crippen LogP contribution in [0.3, 0.4) is 0 Å². The topological polar surface area (TPSA) is 26.0 Å². The molecule has 0 spiro atoms. The van der Waals surface area contributed by atoms with Crippen molar-refractivity contribution in [1.82, 2.24) is 0 Å². The zero-order valence-electron chi connectivity index (χ0n) is 6.89. The molecule has 1 aliphatic rings. The summed E-state index contributed by atoms with van der Waals surface area (Å²) >= 11 is 13.8. The Labute approximate surface area is 91.6 Å². The Hall–Kier alpha value is 0.110. The van der Waals surface area contributed by atoms with Gasteiger partial charge in [-0.3, -0.25) is 0 Å². The molecule has 13 heavy (non-hydrogen) atoms. The molecule has 0 aromatic heterocycles. The van der Waals surface area contributed by atoms with Gasteiger partial charge in [-0.2, -0.15) is 11.8 Å². The number of hydrogen-bond donors (Lipinski definition) is 1. The number of thioether (sulfide) groups is 1. The molecule has 1 unspecified atom stereocenters. The Morgan fingerprint density at radius 1 is 1.38 bits per heavy atom. The summed E-state index contributed by atoms with van der Waals surface area (Å²) < 4.78 is 0. The molecule has 0 saturated carbocycles. The standard InChI is InChI=1S/C9H9Cl2NS/c10-7-2-1-5-6(9(7)11)3-13-4-8(5)12/h1-2,8H,3-4,12H2. The zero-order valence-corrected chi connectivity index (χ0v) is 9.22. The molecule has 1 nitrogen and oxygen atoms in total. The number of halogens is 2. The minimum absolute atomic E-state index is 0.100. The van der Waals surface area contributed by atoms with E-state index >= 15 is 0 Å². The number of rotatable bonds is 0. The highest BCUT2D eigenvalue weighted by molar-refractivity contribution is 7.98. The van der Waals surface area contributed by atoms with Gasteiger partial charge in [0.25, 0.3) is 0 Å². The molecule has 70 valence electrons. The average molecular weight is 234 g/mol. The van der Waals surface area contributed by atoms with Gasteiger partial charge in [0.2, 0.25) is 0 Å². The van der Waals surface area contributed by atoms with Gasteiger partial charge in [-0.25, -0.2) is 0 Å². The summed E-state index contributed by atoms with van der Waals surface area (Å²) in [6.45, 7) is 0. The zero-order chi connectivity index (χ0) is 9.42. The van der Waals surface area contributed by atoms with Crippen LogP contribution in [-0.2, 0) is 5.75 Å². The fourth-order valence-corrected chi connectivity index (χ4v) is 3.04. The third-order valence-corrected chi connectivity index (χ3v) is 4.11. The second-order valence-corrected chi connectivity index (χ2v) is 4.87. The molecule has 0 aliphatic carbocycles. The van der Waals surface area contributed by atoms with Crippen LogP contribution in [0.4, 0.5) is 0 Å². The van der Waals surface area contributed by atoms with E-state index in [1.807, 2.05) is 12.1 Å². The lowest BCUT2D eigenvalue weighted by Crippen LogP contribution is -2.19. The third-order valence-electron chi connectivity index (χ3n) is 2.18. The normalized spacial score (nSPS) is 21.3. The Balaban J connectivity index is 2.56. The minimum atomic E-state index is 0.100. The highest BCUT2D eigenvalue weighted by Crippen LogP contribution is 2.37. The van der Waals surface area contributed by atoms with Crippen LogP contribution in [0.25, 0.3) is 0 Å². The molecule has 1 aromatic rings. The molecule has 4 heteroatoms. The second kappa shape index (κ2) is 3.70. The number of hydrogen-bond acceptors (Lipinski definition) is 2. The summed E-state index contributed by atoms with van der Waals surface area (Å²) in [5.74, 6) is 1.88. The van der Waals surface area contributed by atoms with Crippen LogP contribution in [0.5, 0.6) is 0 Å². The predicted molar refractivity (Wildman–Crippen MR) is 59.6 cm³/mol. The summed E-state index contributed by atoms with van der Waals surface area (Å²) in [5, 5.41) is 1.29. The first-order chi connectivity index (χ1) is 6.20. The van der Waals surface area contributed by atoms with Gasteiger partial charge in [0, 0.05) is 17.5 Å². The molecule has 1 aliphatic heterocycles. The van der Waals surface area contributed by atoms with Gasteiger partial charge in [0.05, 0.1) is 10.0 Å². The van der Waals surface area contributed by atoms with E-state index in [0.717, 1.165) is 22.6 Å². The molecule has 0 amide bonds. The van der Waals surface area contributed by atoms with E-state index in [4.69, 9.17) is 28.9 Å². The summed E-state index contributed by atoms with van der Waals surface area (Å²) in [6, 6.07) is 3.90. The molecule has 1 aromatic carbocycles. The SMILES string of the molecule is NC1CSCc2c1ccc(Cl)c2Cl. The van der Waals surface area contributed by atoms with Gasteiger partial charge in [0.1, 0.15) is 0 Å². The average Bonchev–Trinajstić information content (AvgIpc) is 2.12. The lowest BCUT2D eigenvalue weighted by Gasteiger charge is -2.23. The van der Waals surface area contributed by atoms with Crippen molar-refractivity contribution in [2.24, 2.45) is 5.73 Å². The quantitative estimate of drug-likeness (QED) is 0.745. The van der Waals surface area contributed by atoms with Crippen LogP contribution in [0.2, 0.25) is 10.0 Å². The second-order valence-electron chi connectivity index (χ2n) is 3.05. The maximum Gasteiger partial charge on any atom is 0.0636 e. The molecule has 1 atom stereocenters. The first-order valence-corrected chi connectivity index (χ1v) is 5.91. The summed E-state index contributed by atoms with van der Waals surface area (Å²) in [6.07, 6.45) is 0. The van der Waals surface area contributed by atoms with E-state index in [9.17, 15) is 0 Å². The minimum Gasteiger partial charge on any atom is -0.323 e. The largest absolute Gasteiger partial charge is 0.323 e. The molecule has 2 rings (SSSR count). The molecular formula is C9H9Cl2NS. The van der Waals surface area contributed by atoms with E-state index in [-0.39, 0.29) is 6.04 Å². The van der Waals surface area contributed by atoms with Crippen molar-refractivity contribution in [2.45, 2.75) is 11.8 Å². The summed E-state index contributed by atoms with van der Waals surface area (Å²) in [4.78, 5) is 0. The van der Waals surface area contributed by atoms with Gasteiger partial charge in [0.15, 0.2) is 0 Å². The lowest BCUT2D eigenvalue weighted by molar-refractivity contribution is 0.810. The van der Waals surface area contributed by atoms with Gasteiger partial charge < -0.3 is 5.73 Å². The van der Waals surface area contributed by atoms with Crippen molar-refractivity contribution >= 4 is 35.0 Å². The van der Waals surface area contributed by atoms with Crippen LogP contribution >= 0.6 is 35.0 Å².